The number of rotatable bonds is 3. The third-order valence-electron chi connectivity index (χ3n) is 3.56. The van der Waals surface area contributed by atoms with Crippen molar-refractivity contribution in [3.63, 3.8) is 0 Å². The van der Waals surface area contributed by atoms with Gasteiger partial charge in [0.25, 0.3) is 0 Å². The summed E-state index contributed by atoms with van der Waals surface area (Å²) in [6.07, 6.45) is -0.0331. The molecule has 0 spiro atoms. The average molecular weight is 348 g/mol. The van der Waals surface area contributed by atoms with E-state index in [1.165, 1.54) is 24.2 Å². The Morgan fingerprint density at radius 2 is 1.88 bits per heavy atom. The number of hydrogen-bond donors (Lipinski definition) is 1. The number of alkyl halides is 3. The van der Waals surface area contributed by atoms with Crippen molar-refractivity contribution in [2.75, 3.05) is 38.6 Å². The molecule has 0 amide bonds. The van der Waals surface area contributed by atoms with Crippen LogP contribution in [0.4, 0.5) is 19.0 Å². The molecule has 0 bridgehead atoms. The van der Waals surface area contributed by atoms with Crippen LogP contribution in [-0.4, -0.2) is 65.8 Å². The molecule has 1 N–H and O–H groups in total. The summed E-state index contributed by atoms with van der Waals surface area (Å²) in [5, 5.41) is 7.12. The van der Waals surface area contributed by atoms with Crippen molar-refractivity contribution in [2.24, 2.45) is 0 Å². The van der Waals surface area contributed by atoms with Gasteiger partial charge in [0.05, 0.1) is 5.69 Å². The van der Waals surface area contributed by atoms with Crippen molar-refractivity contribution in [2.45, 2.75) is 32.4 Å². The minimum Gasteiger partial charge on any atom is -0.475 e. The van der Waals surface area contributed by atoms with E-state index in [0.29, 0.717) is 0 Å². The van der Waals surface area contributed by atoms with Crippen LogP contribution < -0.4 is 4.90 Å². The van der Waals surface area contributed by atoms with Crippen LogP contribution in [0.25, 0.3) is 0 Å². The standard InChI is InChI=1S/C13H22N4.C2HF3O2/c1-4-7-17-8-5-11-12(6-9-17)14-10-15-13(11)16(2)3;3-2(4,5)1(6)7/h10H,4-9H2,1-3H3;(H,6,7). The summed E-state index contributed by atoms with van der Waals surface area (Å²) in [5.41, 5.74) is 2.58. The Hall–Kier alpha value is -1.90. The molecule has 0 saturated carbocycles. The van der Waals surface area contributed by atoms with Gasteiger partial charge in [-0.1, -0.05) is 6.92 Å². The summed E-state index contributed by atoms with van der Waals surface area (Å²) in [7, 11) is 4.11. The lowest BCUT2D eigenvalue weighted by molar-refractivity contribution is -0.192. The molecule has 1 aliphatic heterocycles. The van der Waals surface area contributed by atoms with Crippen LogP contribution in [0.1, 0.15) is 24.6 Å². The SMILES string of the molecule is CCCN1CCc2ncnc(N(C)C)c2CC1.O=C(O)C(F)(F)F. The zero-order chi connectivity index (χ0) is 18.3. The number of halogens is 3. The number of fused-ring (bicyclic) bond motifs is 1. The second-order valence-corrected chi connectivity index (χ2v) is 5.66. The minimum absolute atomic E-state index is 1.05. The van der Waals surface area contributed by atoms with Gasteiger partial charge < -0.3 is 14.9 Å². The number of carboxylic acids is 1. The Kier molecular flexibility index (Phi) is 7.40. The first-order valence-electron chi connectivity index (χ1n) is 7.69. The number of aliphatic carboxylic acids is 1. The van der Waals surface area contributed by atoms with E-state index in [1.54, 1.807) is 6.33 Å². The predicted molar refractivity (Wildman–Crippen MR) is 84.2 cm³/mol. The molecule has 1 aliphatic rings. The smallest absolute Gasteiger partial charge is 0.475 e. The van der Waals surface area contributed by atoms with Gasteiger partial charge >= 0.3 is 12.1 Å². The quantitative estimate of drug-likeness (QED) is 0.901. The molecule has 136 valence electrons. The van der Waals surface area contributed by atoms with Gasteiger partial charge in [-0.2, -0.15) is 13.2 Å². The largest absolute Gasteiger partial charge is 0.490 e. The number of anilines is 1. The maximum absolute atomic E-state index is 10.6. The maximum atomic E-state index is 10.6. The van der Waals surface area contributed by atoms with E-state index in [2.05, 4.69) is 40.8 Å². The molecule has 0 unspecified atom stereocenters. The summed E-state index contributed by atoms with van der Waals surface area (Å²) in [6, 6.07) is 0. The summed E-state index contributed by atoms with van der Waals surface area (Å²) < 4.78 is 31.7. The highest BCUT2D eigenvalue weighted by Crippen LogP contribution is 2.22. The molecule has 0 atom stereocenters. The van der Waals surface area contributed by atoms with Gasteiger partial charge in [-0.25, -0.2) is 14.8 Å². The first-order valence-corrected chi connectivity index (χ1v) is 7.69. The normalized spacial score (nSPS) is 14.9. The second-order valence-electron chi connectivity index (χ2n) is 5.66. The molecule has 1 aromatic heterocycles. The molecular weight excluding hydrogens is 325 g/mol. The van der Waals surface area contributed by atoms with Crippen molar-refractivity contribution in [1.82, 2.24) is 14.9 Å². The molecule has 0 radical (unpaired) electrons. The van der Waals surface area contributed by atoms with Crippen molar-refractivity contribution in [1.29, 1.82) is 0 Å². The van der Waals surface area contributed by atoms with Crippen LogP contribution in [0, 0.1) is 0 Å². The van der Waals surface area contributed by atoms with Gasteiger partial charge in [-0.15, -0.1) is 0 Å². The zero-order valence-corrected chi connectivity index (χ0v) is 14.1. The van der Waals surface area contributed by atoms with Gasteiger partial charge in [0.2, 0.25) is 0 Å². The predicted octanol–water partition coefficient (Wildman–Crippen LogP) is 1.99. The van der Waals surface area contributed by atoms with Gasteiger partial charge in [0.1, 0.15) is 12.1 Å². The Labute approximate surface area is 139 Å². The van der Waals surface area contributed by atoms with Gasteiger partial charge in [-0.3, -0.25) is 0 Å². The summed E-state index contributed by atoms with van der Waals surface area (Å²) in [4.78, 5) is 22.4. The molecule has 0 saturated heterocycles. The van der Waals surface area contributed by atoms with E-state index in [0.717, 1.165) is 31.7 Å². The fraction of sp³-hybridized carbons (Fsp3) is 0.667. The lowest BCUT2D eigenvalue weighted by Gasteiger charge is -2.18. The number of hydrogen-bond acceptors (Lipinski definition) is 5. The second kappa shape index (κ2) is 8.81. The van der Waals surface area contributed by atoms with Crippen molar-refractivity contribution in [3.05, 3.63) is 17.6 Å². The topological polar surface area (TPSA) is 69.6 Å². The first-order chi connectivity index (χ1) is 11.2. The van der Waals surface area contributed by atoms with Gasteiger partial charge in [0, 0.05) is 39.2 Å². The van der Waals surface area contributed by atoms with Crippen LogP contribution in [0.15, 0.2) is 6.33 Å². The highest BCUT2D eigenvalue weighted by atomic mass is 19.4. The molecule has 0 aliphatic carbocycles. The Bertz CT molecular complexity index is 550. The molecule has 0 aromatic carbocycles. The van der Waals surface area contributed by atoms with Crippen LogP contribution in [0.2, 0.25) is 0 Å². The molecule has 2 rings (SSSR count). The van der Waals surface area contributed by atoms with E-state index in [9.17, 15) is 13.2 Å². The van der Waals surface area contributed by atoms with E-state index in [1.807, 2.05) is 0 Å². The minimum atomic E-state index is -5.08. The Morgan fingerprint density at radius 3 is 2.38 bits per heavy atom. The maximum Gasteiger partial charge on any atom is 0.490 e. The van der Waals surface area contributed by atoms with Crippen LogP contribution in [-0.2, 0) is 17.6 Å². The van der Waals surface area contributed by atoms with E-state index >= 15 is 0 Å². The molecule has 9 heteroatoms. The zero-order valence-electron chi connectivity index (χ0n) is 14.1. The molecule has 6 nitrogen and oxygen atoms in total. The molecular formula is C15H23F3N4O2. The fourth-order valence-electron chi connectivity index (χ4n) is 2.48. The monoisotopic (exact) mass is 348 g/mol. The molecule has 1 aromatic rings. The highest BCUT2D eigenvalue weighted by Gasteiger charge is 2.38. The Morgan fingerprint density at radius 1 is 1.29 bits per heavy atom. The average Bonchev–Trinajstić information content (AvgIpc) is 2.69. The fourth-order valence-corrected chi connectivity index (χ4v) is 2.48. The van der Waals surface area contributed by atoms with Crippen molar-refractivity contribution in [3.8, 4) is 0 Å². The molecule has 2 heterocycles. The van der Waals surface area contributed by atoms with Crippen LogP contribution in [0.3, 0.4) is 0 Å². The van der Waals surface area contributed by atoms with Crippen molar-refractivity contribution < 1.29 is 23.1 Å². The lowest BCUT2D eigenvalue weighted by atomic mass is 10.1. The summed E-state index contributed by atoms with van der Waals surface area (Å²) >= 11 is 0. The first kappa shape index (κ1) is 20.1. The van der Waals surface area contributed by atoms with Crippen LogP contribution in [0.5, 0.6) is 0 Å². The van der Waals surface area contributed by atoms with Gasteiger partial charge in [-0.05, 0) is 19.4 Å². The van der Waals surface area contributed by atoms with Crippen molar-refractivity contribution >= 4 is 11.8 Å². The summed E-state index contributed by atoms with van der Waals surface area (Å²) in [6.45, 7) is 5.70. The number of carboxylic acid groups (broad SMARTS) is 1. The third-order valence-corrected chi connectivity index (χ3v) is 3.56. The van der Waals surface area contributed by atoms with E-state index in [4.69, 9.17) is 9.90 Å². The molecule has 0 fully saturated rings. The van der Waals surface area contributed by atoms with Gasteiger partial charge in [0.15, 0.2) is 0 Å². The third kappa shape index (κ3) is 5.95. The van der Waals surface area contributed by atoms with Crippen LogP contribution >= 0.6 is 0 Å². The number of aromatic nitrogens is 2. The van der Waals surface area contributed by atoms with E-state index in [-0.39, 0.29) is 0 Å². The highest BCUT2D eigenvalue weighted by molar-refractivity contribution is 5.73. The Balaban J connectivity index is 0.000000351. The van der Waals surface area contributed by atoms with E-state index < -0.39 is 12.1 Å². The number of carbonyl (C=O) groups is 1. The summed E-state index contributed by atoms with van der Waals surface area (Å²) in [5.74, 6) is -1.67. The lowest BCUT2D eigenvalue weighted by Crippen LogP contribution is -2.27. The number of nitrogens with zero attached hydrogens (tertiary/aromatic N) is 4. The molecule has 24 heavy (non-hydrogen) atoms.